The molecule has 0 radical (unpaired) electrons. The van der Waals surface area contributed by atoms with Crippen molar-refractivity contribution in [3.05, 3.63) is 29.8 Å². The van der Waals surface area contributed by atoms with Gasteiger partial charge in [-0.05, 0) is 37.5 Å². The van der Waals surface area contributed by atoms with E-state index in [9.17, 15) is 4.79 Å². The quantitative estimate of drug-likeness (QED) is 0.510. The minimum absolute atomic E-state index is 0.0852. The third kappa shape index (κ3) is 2.94. The highest BCUT2D eigenvalue weighted by atomic mass is 16.5. The van der Waals surface area contributed by atoms with E-state index in [-0.39, 0.29) is 5.78 Å². The van der Waals surface area contributed by atoms with Gasteiger partial charge >= 0.3 is 0 Å². The fourth-order valence-electron chi connectivity index (χ4n) is 1.01. The predicted molar refractivity (Wildman–Crippen MR) is 55.3 cm³/mol. The lowest BCUT2D eigenvalue weighted by Crippen LogP contribution is -1.96. The average molecular weight is 176 g/mol. The van der Waals surface area contributed by atoms with Crippen LogP contribution in [0.4, 0.5) is 0 Å². The van der Waals surface area contributed by atoms with Crippen molar-refractivity contribution in [3.63, 3.8) is 0 Å². The largest absolute Gasteiger partial charge is 0.494 e. The topological polar surface area (TPSA) is 26.3 Å². The summed E-state index contributed by atoms with van der Waals surface area (Å²) in [5.74, 6) is 0.911. The van der Waals surface area contributed by atoms with Crippen molar-refractivity contribution in [2.45, 2.75) is 13.2 Å². The normalized spacial score (nSPS) is 9.62. The molecule has 0 spiro atoms. The van der Waals surface area contributed by atoms with Crippen molar-refractivity contribution >= 4 is 13.6 Å². The molecular formula is C10H13BO2. The zero-order valence-corrected chi connectivity index (χ0v) is 8.04. The Bertz CT molecular complexity index is 279. The molecule has 3 heteroatoms. The first-order valence-corrected chi connectivity index (χ1v) is 4.48. The van der Waals surface area contributed by atoms with Crippen LogP contribution >= 0.6 is 0 Å². The average Bonchev–Trinajstić information content (AvgIpc) is 2.15. The van der Waals surface area contributed by atoms with E-state index in [1.54, 1.807) is 19.1 Å². The minimum atomic E-state index is 0.0852. The molecule has 0 unspecified atom stereocenters. The first-order valence-electron chi connectivity index (χ1n) is 4.48. The van der Waals surface area contributed by atoms with Crippen molar-refractivity contribution in [1.29, 1.82) is 0 Å². The van der Waals surface area contributed by atoms with Crippen molar-refractivity contribution in [3.8, 4) is 5.75 Å². The summed E-state index contributed by atoms with van der Waals surface area (Å²) in [5.41, 5.74) is 0.726. The van der Waals surface area contributed by atoms with Gasteiger partial charge in [-0.25, -0.2) is 0 Å². The number of ether oxygens (including phenoxy) is 1. The highest BCUT2D eigenvalue weighted by molar-refractivity contribution is 6.08. The summed E-state index contributed by atoms with van der Waals surface area (Å²) < 4.78 is 5.38. The number of carbonyl (C=O) groups is 1. The van der Waals surface area contributed by atoms with Crippen LogP contribution in [0.3, 0.4) is 0 Å². The highest BCUT2D eigenvalue weighted by Gasteiger charge is 1.98. The molecule has 0 heterocycles. The maximum Gasteiger partial charge on any atom is 0.159 e. The molecule has 0 aromatic heterocycles. The van der Waals surface area contributed by atoms with Crippen LogP contribution in [0.15, 0.2) is 24.3 Å². The second-order valence-electron chi connectivity index (χ2n) is 2.93. The number of rotatable bonds is 4. The number of hydrogen-bond donors (Lipinski definition) is 0. The van der Waals surface area contributed by atoms with E-state index in [1.807, 2.05) is 12.1 Å². The van der Waals surface area contributed by atoms with Crippen molar-refractivity contribution in [2.24, 2.45) is 0 Å². The molecule has 2 nitrogen and oxygen atoms in total. The number of ketones is 1. The third-order valence-electron chi connectivity index (χ3n) is 1.73. The molecule has 0 aliphatic carbocycles. The molecule has 1 aromatic rings. The minimum Gasteiger partial charge on any atom is -0.494 e. The molecule has 0 N–H and O–H groups in total. The Hall–Kier alpha value is -1.25. The van der Waals surface area contributed by atoms with Gasteiger partial charge in [0.1, 0.15) is 13.6 Å². The Balaban J connectivity index is 2.64. The standard InChI is InChI=1S/C10H13BO2/c1-8(12)9-2-4-10(5-3-9)13-7-6-11/h2-5H,6-7,11H2,1H3. The van der Waals surface area contributed by atoms with E-state index in [0.717, 1.165) is 24.2 Å². The van der Waals surface area contributed by atoms with Gasteiger partial charge in [0.2, 0.25) is 0 Å². The summed E-state index contributed by atoms with van der Waals surface area (Å²) in [6.07, 6.45) is 0.995. The maximum atomic E-state index is 10.9. The lowest BCUT2D eigenvalue weighted by atomic mass is 10.1. The fourth-order valence-corrected chi connectivity index (χ4v) is 1.01. The summed E-state index contributed by atoms with van der Waals surface area (Å²) >= 11 is 0. The Morgan fingerprint density at radius 2 is 2.00 bits per heavy atom. The van der Waals surface area contributed by atoms with Gasteiger partial charge in [0.15, 0.2) is 5.78 Å². The lowest BCUT2D eigenvalue weighted by molar-refractivity contribution is 0.101. The van der Waals surface area contributed by atoms with Gasteiger partial charge in [0, 0.05) is 5.56 Å². The van der Waals surface area contributed by atoms with Crippen molar-refractivity contribution in [1.82, 2.24) is 0 Å². The number of carbonyl (C=O) groups excluding carboxylic acids is 1. The van der Waals surface area contributed by atoms with Crippen LogP contribution in [0.1, 0.15) is 17.3 Å². The molecule has 0 aliphatic rings. The molecule has 1 aromatic carbocycles. The third-order valence-corrected chi connectivity index (χ3v) is 1.73. The molecule has 1 rings (SSSR count). The van der Waals surface area contributed by atoms with Gasteiger partial charge in [-0.3, -0.25) is 4.79 Å². The van der Waals surface area contributed by atoms with Crippen LogP contribution in [0, 0.1) is 0 Å². The van der Waals surface area contributed by atoms with Gasteiger partial charge in [-0.15, -0.1) is 0 Å². The summed E-state index contributed by atoms with van der Waals surface area (Å²) in [6.45, 7) is 2.28. The van der Waals surface area contributed by atoms with Gasteiger partial charge in [0.05, 0.1) is 6.61 Å². The van der Waals surface area contributed by atoms with Crippen LogP contribution in [0.25, 0.3) is 0 Å². The van der Waals surface area contributed by atoms with Gasteiger partial charge in [-0.1, -0.05) is 0 Å². The fraction of sp³-hybridized carbons (Fsp3) is 0.300. The number of hydrogen-bond acceptors (Lipinski definition) is 2. The zero-order chi connectivity index (χ0) is 9.68. The molecule has 68 valence electrons. The molecule has 0 saturated heterocycles. The van der Waals surface area contributed by atoms with Crippen LogP contribution < -0.4 is 4.74 Å². The Morgan fingerprint density at radius 3 is 2.46 bits per heavy atom. The lowest BCUT2D eigenvalue weighted by Gasteiger charge is -2.03. The van der Waals surface area contributed by atoms with E-state index in [1.165, 1.54) is 0 Å². The second kappa shape index (κ2) is 4.70. The molecule has 0 fully saturated rings. The zero-order valence-electron chi connectivity index (χ0n) is 8.04. The summed E-state index contributed by atoms with van der Waals surface area (Å²) in [7, 11) is 2.06. The van der Waals surface area contributed by atoms with E-state index in [0.29, 0.717) is 0 Å². The van der Waals surface area contributed by atoms with Crippen molar-refractivity contribution < 1.29 is 9.53 Å². The van der Waals surface area contributed by atoms with Crippen LogP contribution in [-0.4, -0.2) is 20.2 Å². The SMILES string of the molecule is BCCOc1ccc(C(C)=O)cc1. The summed E-state index contributed by atoms with van der Waals surface area (Å²) in [6, 6.07) is 7.22. The monoisotopic (exact) mass is 176 g/mol. The smallest absolute Gasteiger partial charge is 0.159 e. The highest BCUT2D eigenvalue weighted by Crippen LogP contribution is 2.12. The Kier molecular flexibility index (Phi) is 3.56. The first-order chi connectivity index (χ1) is 6.24. The van der Waals surface area contributed by atoms with Crippen LogP contribution in [0.5, 0.6) is 5.75 Å². The molecule has 0 amide bonds. The van der Waals surface area contributed by atoms with Gasteiger partial charge < -0.3 is 4.74 Å². The van der Waals surface area contributed by atoms with Gasteiger partial charge in [0.25, 0.3) is 0 Å². The molecular weight excluding hydrogens is 163 g/mol. The van der Waals surface area contributed by atoms with E-state index in [2.05, 4.69) is 7.85 Å². The van der Waals surface area contributed by atoms with E-state index in [4.69, 9.17) is 4.74 Å². The van der Waals surface area contributed by atoms with Crippen molar-refractivity contribution in [2.75, 3.05) is 6.61 Å². The summed E-state index contributed by atoms with van der Waals surface area (Å²) in [5, 5.41) is 0. The molecule has 13 heavy (non-hydrogen) atoms. The van der Waals surface area contributed by atoms with Crippen LogP contribution in [-0.2, 0) is 0 Å². The Morgan fingerprint density at radius 1 is 1.38 bits per heavy atom. The maximum absolute atomic E-state index is 10.9. The van der Waals surface area contributed by atoms with Crippen LogP contribution in [0.2, 0.25) is 6.32 Å². The summed E-state index contributed by atoms with van der Waals surface area (Å²) in [4.78, 5) is 10.9. The van der Waals surface area contributed by atoms with E-state index >= 15 is 0 Å². The number of Topliss-reactive ketones (excluding diaryl/α,β-unsaturated/α-hetero) is 1. The Labute approximate surface area is 79.3 Å². The first kappa shape index (κ1) is 9.84. The molecule has 0 aliphatic heterocycles. The molecule has 0 saturated carbocycles. The predicted octanol–water partition coefficient (Wildman–Crippen LogP) is 1.32. The van der Waals surface area contributed by atoms with Gasteiger partial charge in [-0.2, -0.15) is 0 Å². The van der Waals surface area contributed by atoms with E-state index < -0.39 is 0 Å². The number of benzene rings is 1. The molecule has 0 atom stereocenters. The second-order valence-corrected chi connectivity index (χ2v) is 2.93. The molecule has 0 bridgehead atoms.